The number of hydrogen-bond donors (Lipinski definition) is 1. The lowest BCUT2D eigenvalue weighted by Gasteiger charge is -2.36. The minimum Gasteiger partial charge on any atom is -0.335 e. The third-order valence-corrected chi connectivity index (χ3v) is 9.16. The summed E-state index contributed by atoms with van der Waals surface area (Å²) in [7, 11) is 0. The number of aromatic nitrogens is 4. The number of nitrogens with zero attached hydrogens (tertiary/aromatic N) is 6. The maximum absolute atomic E-state index is 12.9. The Kier molecular flexibility index (Phi) is 14.1. The molecule has 2 fully saturated rings. The Labute approximate surface area is 275 Å². The predicted molar refractivity (Wildman–Crippen MR) is 170 cm³/mol. The van der Waals surface area contributed by atoms with Crippen molar-refractivity contribution in [3.63, 3.8) is 0 Å². The Morgan fingerprint density at radius 1 is 0.826 bits per heavy atom. The fraction of sp³-hybridized carbons (Fsp3) is 0.750. The number of imidazole rings is 2. The van der Waals surface area contributed by atoms with Gasteiger partial charge in [0.1, 0.15) is 11.6 Å². The van der Waals surface area contributed by atoms with Crippen molar-refractivity contribution in [2.45, 2.75) is 123 Å². The van der Waals surface area contributed by atoms with E-state index in [2.05, 4.69) is 45.5 Å². The van der Waals surface area contributed by atoms with E-state index in [0.717, 1.165) is 42.7 Å². The summed E-state index contributed by atoms with van der Waals surface area (Å²) in [6, 6.07) is 0. The lowest BCUT2D eigenvalue weighted by Crippen LogP contribution is -2.40. The molecule has 14 heteroatoms. The molecule has 2 aliphatic heterocycles. The summed E-state index contributed by atoms with van der Waals surface area (Å²) >= 11 is 4.82. The zero-order chi connectivity index (χ0) is 34.1. The third kappa shape index (κ3) is 10.2. The fourth-order valence-corrected chi connectivity index (χ4v) is 5.99. The molecule has 0 aromatic carbocycles. The van der Waals surface area contributed by atoms with E-state index in [9.17, 15) is 27.2 Å². The summed E-state index contributed by atoms with van der Waals surface area (Å²) in [5.41, 5.74) is 2.07. The lowest BCUT2D eigenvalue weighted by molar-refractivity contribution is -0.132. The van der Waals surface area contributed by atoms with Gasteiger partial charge in [-0.1, -0.05) is 34.6 Å². The molecule has 4 heterocycles. The zero-order valence-corrected chi connectivity index (χ0v) is 28.6. The van der Waals surface area contributed by atoms with Gasteiger partial charge in [-0.3, -0.25) is 9.59 Å². The molecule has 0 bridgehead atoms. The van der Waals surface area contributed by atoms with Gasteiger partial charge in [-0.05, 0) is 31.2 Å². The van der Waals surface area contributed by atoms with Crippen LogP contribution in [0, 0.1) is 0 Å². The maximum Gasteiger partial charge on any atom is 0.249 e. The standard InChI is InChI=1S/C13H17F2N3O.C10H13F2N3.C6H15N.C3H5ClO/c1-2-11(19)17-3-4-18-10(8-17)7-16-12(18)9-5-13(14,15)6-9;11-10(12)3-7(4-10)9-14-6-8-5-13-1-2-15(8)9;1-4-7(5-2)6-3;1-2-3(4)5/h7,9H,2-6,8H2,1H3;6-7,13H,1-5H2;4-6H2,1-3H3;2H2,1H3. The summed E-state index contributed by atoms with van der Waals surface area (Å²) in [6.07, 6.45) is 4.20. The highest BCUT2D eigenvalue weighted by molar-refractivity contribution is 6.63. The van der Waals surface area contributed by atoms with Gasteiger partial charge in [0.25, 0.3) is 0 Å². The van der Waals surface area contributed by atoms with Crippen LogP contribution in [0.1, 0.15) is 108 Å². The van der Waals surface area contributed by atoms with Crippen LogP contribution in [0.4, 0.5) is 17.6 Å². The van der Waals surface area contributed by atoms with Crippen molar-refractivity contribution in [1.82, 2.24) is 34.2 Å². The number of rotatable bonds is 7. The van der Waals surface area contributed by atoms with Crippen molar-refractivity contribution in [1.29, 1.82) is 0 Å². The number of fused-ring (bicyclic) bond motifs is 2. The molecule has 9 nitrogen and oxygen atoms in total. The molecule has 2 aliphatic carbocycles. The molecule has 1 amide bonds. The minimum absolute atomic E-state index is 0.0309. The summed E-state index contributed by atoms with van der Waals surface area (Å²) in [6.45, 7) is 18.1. The van der Waals surface area contributed by atoms with Crippen LogP contribution in [-0.4, -0.2) is 84.6 Å². The quantitative estimate of drug-likeness (QED) is 0.280. The molecular weight excluding hydrogens is 626 g/mol. The molecule has 0 spiro atoms. The predicted octanol–water partition coefficient (Wildman–Crippen LogP) is 6.16. The van der Waals surface area contributed by atoms with E-state index in [1.165, 1.54) is 19.6 Å². The Morgan fingerprint density at radius 3 is 1.72 bits per heavy atom. The molecule has 4 aliphatic rings. The molecule has 2 saturated carbocycles. The van der Waals surface area contributed by atoms with Gasteiger partial charge in [0, 0.05) is 89.3 Å². The first-order valence-corrected chi connectivity index (χ1v) is 16.9. The number of carbonyl (C=O) groups is 2. The zero-order valence-electron chi connectivity index (χ0n) is 27.8. The Hall–Kier alpha value is -2.51. The van der Waals surface area contributed by atoms with Gasteiger partial charge in [-0.25, -0.2) is 27.5 Å². The van der Waals surface area contributed by atoms with E-state index in [-0.39, 0.29) is 48.7 Å². The summed E-state index contributed by atoms with van der Waals surface area (Å²) < 4.78 is 55.5. The minimum atomic E-state index is -2.52. The largest absolute Gasteiger partial charge is 0.335 e. The van der Waals surface area contributed by atoms with Crippen molar-refractivity contribution in [3.05, 3.63) is 35.4 Å². The molecular formula is C32H50ClF4N7O2. The molecule has 2 aromatic rings. The summed E-state index contributed by atoms with van der Waals surface area (Å²) in [5, 5.41) is 2.96. The molecule has 0 saturated heterocycles. The molecule has 2 aromatic heterocycles. The normalized spacial score (nSPS) is 19.5. The second-order valence-corrected chi connectivity index (χ2v) is 12.5. The topological polar surface area (TPSA) is 88.3 Å². The number of halogens is 5. The van der Waals surface area contributed by atoms with Gasteiger partial charge in [-0.2, -0.15) is 0 Å². The molecule has 260 valence electrons. The van der Waals surface area contributed by atoms with Crippen LogP contribution in [0.15, 0.2) is 12.4 Å². The van der Waals surface area contributed by atoms with Crippen molar-refractivity contribution < 1.29 is 27.2 Å². The summed E-state index contributed by atoms with van der Waals surface area (Å²) in [4.78, 5) is 34.0. The molecule has 0 unspecified atom stereocenters. The Bertz CT molecular complexity index is 1260. The average molecular weight is 676 g/mol. The number of alkyl halides is 4. The first-order chi connectivity index (χ1) is 21.8. The van der Waals surface area contributed by atoms with Crippen molar-refractivity contribution in [3.8, 4) is 0 Å². The van der Waals surface area contributed by atoms with E-state index >= 15 is 0 Å². The van der Waals surface area contributed by atoms with Gasteiger partial charge >= 0.3 is 0 Å². The van der Waals surface area contributed by atoms with Gasteiger partial charge in [-0.15, -0.1) is 0 Å². The highest BCUT2D eigenvalue weighted by Gasteiger charge is 2.48. The van der Waals surface area contributed by atoms with E-state index < -0.39 is 11.8 Å². The van der Waals surface area contributed by atoms with Crippen molar-refractivity contribution >= 4 is 22.8 Å². The first-order valence-electron chi connectivity index (χ1n) is 16.5. The van der Waals surface area contributed by atoms with Crippen LogP contribution < -0.4 is 5.32 Å². The first kappa shape index (κ1) is 37.9. The number of nitrogens with one attached hydrogen (secondary N) is 1. The maximum atomic E-state index is 12.9. The molecule has 46 heavy (non-hydrogen) atoms. The fourth-order valence-electron chi connectivity index (χ4n) is 5.99. The molecule has 0 atom stereocenters. The van der Waals surface area contributed by atoms with Crippen LogP contribution in [0.5, 0.6) is 0 Å². The monoisotopic (exact) mass is 675 g/mol. The van der Waals surface area contributed by atoms with Crippen molar-refractivity contribution in [2.24, 2.45) is 0 Å². The van der Waals surface area contributed by atoms with Gasteiger partial charge in [0.15, 0.2) is 0 Å². The van der Waals surface area contributed by atoms with Crippen LogP contribution in [-0.2, 0) is 35.8 Å². The highest BCUT2D eigenvalue weighted by Crippen LogP contribution is 2.49. The van der Waals surface area contributed by atoms with E-state index in [1.807, 2.05) is 11.5 Å². The molecule has 1 N–H and O–H groups in total. The third-order valence-electron chi connectivity index (χ3n) is 8.89. The SMILES string of the molecule is CCC(=O)Cl.CCC(=O)N1CCn2c(cnc2C2CC(F)(F)C2)C1.CCN(CC)CC.FC1(F)CC(c2ncc3n2CCNC3)C1. The highest BCUT2D eigenvalue weighted by atomic mass is 35.5. The Balaban J connectivity index is 0.000000189. The van der Waals surface area contributed by atoms with Crippen LogP contribution in [0.25, 0.3) is 0 Å². The lowest BCUT2D eigenvalue weighted by atomic mass is 9.80. The van der Waals surface area contributed by atoms with Crippen LogP contribution in [0.3, 0.4) is 0 Å². The van der Waals surface area contributed by atoms with E-state index in [1.54, 1.807) is 24.2 Å². The van der Waals surface area contributed by atoms with E-state index in [0.29, 0.717) is 32.5 Å². The number of hydrogen-bond acceptors (Lipinski definition) is 6. The number of amides is 1. The second-order valence-electron chi connectivity index (χ2n) is 12.1. The van der Waals surface area contributed by atoms with Crippen LogP contribution >= 0.6 is 11.6 Å². The molecule has 6 rings (SSSR count). The van der Waals surface area contributed by atoms with Gasteiger partial charge in [0.05, 0.1) is 24.1 Å². The second kappa shape index (κ2) is 17.1. The Morgan fingerprint density at radius 2 is 1.30 bits per heavy atom. The molecule has 0 radical (unpaired) electrons. The smallest absolute Gasteiger partial charge is 0.249 e. The van der Waals surface area contributed by atoms with Gasteiger partial charge < -0.3 is 24.3 Å². The number of carbonyl (C=O) groups excluding carboxylic acids is 2. The van der Waals surface area contributed by atoms with Gasteiger partial charge in [0.2, 0.25) is 23.0 Å². The van der Waals surface area contributed by atoms with Crippen molar-refractivity contribution in [2.75, 3.05) is 32.7 Å². The summed E-state index contributed by atoms with van der Waals surface area (Å²) in [5.74, 6) is -3.38. The van der Waals surface area contributed by atoms with Crippen LogP contribution in [0.2, 0.25) is 0 Å². The van der Waals surface area contributed by atoms with E-state index in [4.69, 9.17) is 11.6 Å². The average Bonchev–Trinajstić information content (AvgIpc) is 3.64.